The van der Waals surface area contributed by atoms with E-state index in [4.69, 9.17) is 4.74 Å². The van der Waals surface area contributed by atoms with Crippen molar-refractivity contribution in [3.63, 3.8) is 0 Å². The quantitative estimate of drug-likeness (QED) is 0.458. The molecule has 1 unspecified atom stereocenters. The minimum atomic E-state index is -0.684. The molecule has 0 radical (unpaired) electrons. The van der Waals surface area contributed by atoms with Crippen molar-refractivity contribution in [2.24, 2.45) is 5.92 Å². The molecule has 0 aliphatic heterocycles. The van der Waals surface area contributed by atoms with Crippen LogP contribution in [-0.2, 0) is 9.53 Å². The van der Waals surface area contributed by atoms with E-state index >= 15 is 0 Å². The molecule has 0 heterocycles. The molecule has 0 aromatic heterocycles. The lowest BCUT2D eigenvalue weighted by Gasteiger charge is -2.13. The Kier molecular flexibility index (Phi) is 6.05. The van der Waals surface area contributed by atoms with Gasteiger partial charge in [-0.3, -0.25) is 9.59 Å². The van der Waals surface area contributed by atoms with Crippen LogP contribution >= 0.6 is 15.9 Å². The summed E-state index contributed by atoms with van der Waals surface area (Å²) >= 11 is 3.31. The molecule has 0 aliphatic carbocycles. The molecule has 1 rings (SSSR count). The van der Waals surface area contributed by atoms with E-state index in [9.17, 15) is 9.59 Å². The van der Waals surface area contributed by atoms with Gasteiger partial charge in [-0.15, -0.1) is 0 Å². The first-order chi connectivity index (χ1) is 8.60. The molecule has 0 aliphatic rings. The minimum absolute atomic E-state index is 0.164. The first-order valence-corrected chi connectivity index (χ1v) is 6.77. The van der Waals surface area contributed by atoms with E-state index in [0.717, 1.165) is 17.3 Å². The lowest BCUT2D eigenvalue weighted by atomic mass is 9.93. The molecular formula is C14H17BrO3. The van der Waals surface area contributed by atoms with Crippen molar-refractivity contribution < 1.29 is 14.3 Å². The van der Waals surface area contributed by atoms with E-state index in [1.807, 2.05) is 6.92 Å². The van der Waals surface area contributed by atoms with Crippen LogP contribution in [-0.4, -0.2) is 18.9 Å². The summed E-state index contributed by atoms with van der Waals surface area (Å²) in [6.45, 7) is 2.03. The number of rotatable bonds is 6. The van der Waals surface area contributed by atoms with Crippen LogP contribution in [0.1, 0.15) is 36.5 Å². The molecule has 0 N–H and O–H groups in total. The third-order valence-corrected chi connectivity index (χ3v) is 3.31. The zero-order chi connectivity index (χ0) is 13.5. The van der Waals surface area contributed by atoms with Gasteiger partial charge in [-0.05, 0) is 18.6 Å². The monoisotopic (exact) mass is 312 g/mol. The number of ketones is 1. The van der Waals surface area contributed by atoms with Gasteiger partial charge in [0.25, 0.3) is 0 Å². The highest BCUT2D eigenvalue weighted by atomic mass is 79.9. The number of unbranched alkanes of at least 4 members (excludes halogenated alkanes) is 1. The summed E-state index contributed by atoms with van der Waals surface area (Å²) in [6.07, 6.45) is 2.32. The highest BCUT2D eigenvalue weighted by Crippen LogP contribution is 2.19. The maximum atomic E-state index is 12.2. The molecule has 0 saturated carbocycles. The smallest absolute Gasteiger partial charge is 0.316 e. The van der Waals surface area contributed by atoms with Gasteiger partial charge >= 0.3 is 5.97 Å². The lowest BCUT2D eigenvalue weighted by Crippen LogP contribution is -2.25. The van der Waals surface area contributed by atoms with Gasteiger partial charge in [0, 0.05) is 10.0 Å². The Labute approximate surface area is 116 Å². The van der Waals surface area contributed by atoms with E-state index in [1.165, 1.54) is 7.11 Å². The molecule has 0 spiro atoms. The van der Waals surface area contributed by atoms with Crippen molar-refractivity contribution in [3.8, 4) is 0 Å². The standard InChI is InChI=1S/C14H17BrO3/c1-3-4-5-12(14(17)18-2)13(16)10-6-8-11(15)9-7-10/h6-9,12H,3-5H2,1-2H3. The molecule has 18 heavy (non-hydrogen) atoms. The average molecular weight is 313 g/mol. The van der Waals surface area contributed by atoms with Gasteiger partial charge in [-0.2, -0.15) is 0 Å². The predicted molar refractivity (Wildman–Crippen MR) is 73.5 cm³/mol. The number of Topliss-reactive ketones (excluding diaryl/α,β-unsaturated/α-hetero) is 1. The summed E-state index contributed by atoms with van der Waals surface area (Å²) in [4.78, 5) is 23.9. The van der Waals surface area contributed by atoms with E-state index in [0.29, 0.717) is 12.0 Å². The van der Waals surface area contributed by atoms with Crippen LogP contribution < -0.4 is 0 Å². The fraction of sp³-hybridized carbons (Fsp3) is 0.429. The van der Waals surface area contributed by atoms with E-state index in [1.54, 1.807) is 24.3 Å². The molecule has 0 bridgehead atoms. The van der Waals surface area contributed by atoms with Crippen molar-refractivity contribution >= 4 is 27.7 Å². The number of carbonyl (C=O) groups excluding carboxylic acids is 2. The van der Waals surface area contributed by atoms with Crippen molar-refractivity contribution in [2.45, 2.75) is 26.2 Å². The van der Waals surface area contributed by atoms with Crippen LogP contribution in [0.15, 0.2) is 28.7 Å². The Balaban J connectivity index is 2.87. The van der Waals surface area contributed by atoms with Crippen LogP contribution in [0, 0.1) is 5.92 Å². The summed E-state index contributed by atoms with van der Waals surface area (Å²) in [5.74, 6) is -1.30. The molecule has 98 valence electrons. The number of hydrogen-bond donors (Lipinski definition) is 0. The summed E-state index contributed by atoms with van der Waals surface area (Å²) in [5.41, 5.74) is 0.546. The Hall–Kier alpha value is -1.16. The Morgan fingerprint density at radius 2 is 1.89 bits per heavy atom. The Morgan fingerprint density at radius 1 is 1.28 bits per heavy atom. The highest BCUT2D eigenvalue weighted by molar-refractivity contribution is 9.10. The molecule has 1 atom stereocenters. The van der Waals surface area contributed by atoms with Gasteiger partial charge in [0.15, 0.2) is 5.78 Å². The number of benzene rings is 1. The largest absolute Gasteiger partial charge is 0.468 e. The van der Waals surface area contributed by atoms with Gasteiger partial charge in [0.05, 0.1) is 7.11 Å². The first kappa shape index (κ1) is 14.9. The molecule has 0 amide bonds. The number of methoxy groups -OCH3 is 1. The SMILES string of the molecule is CCCCC(C(=O)OC)C(=O)c1ccc(Br)cc1. The summed E-state index contributed by atoms with van der Waals surface area (Å²) in [6, 6.07) is 7.02. The molecule has 4 heteroatoms. The molecule has 3 nitrogen and oxygen atoms in total. The van der Waals surface area contributed by atoms with Crippen LogP contribution in [0.4, 0.5) is 0 Å². The van der Waals surface area contributed by atoms with Crippen LogP contribution in [0.2, 0.25) is 0 Å². The number of hydrogen-bond acceptors (Lipinski definition) is 3. The summed E-state index contributed by atoms with van der Waals surface area (Å²) in [7, 11) is 1.32. The summed E-state index contributed by atoms with van der Waals surface area (Å²) in [5, 5.41) is 0. The van der Waals surface area contributed by atoms with Crippen LogP contribution in [0.3, 0.4) is 0 Å². The van der Waals surface area contributed by atoms with E-state index in [-0.39, 0.29) is 5.78 Å². The third kappa shape index (κ3) is 3.95. The molecular weight excluding hydrogens is 296 g/mol. The Bertz CT molecular complexity index is 412. The maximum Gasteiger partial charge on any atom is 0.316 e. The average Bonchev–Trinajstić information content (AvgIpc) is 2.39. The second-order valence-electron chi connectivity index (χ2n) is 4.09. The number of carbonyl (C=O) groups is 2. The zero-order valence-corrected chi connectivity index (χ0v) is 12.2. The van der Waals surface area contributed by atoms with Crippen LogP contribution in [0.5, 0.6) is 0 Å². The van der Waals surface area contributed by atoms with Crippen molar-refractivity contribution in [2.75, 3.05) is 7.11 Å². The number of ether oxygens (including phenoxy) is 1. The maximum absolute atomic E-state index is 12.2. The second kappa shape index (κ2) is 7.31. The molecule has 0 saturated heterocycles. The van der Waals surface area contributed by atoms with Crippen molar-refractivity contribution in [1.82, 2.24) is 0 Å². The van der Waals surface area contributed by atoms with Gasteiger partial charge in [-0.1, -0.05) is 47.8 Å². The zero-order valence-electron chi connectivity index (χ0n) is 10.6. The topological polar surface area (TPSA) is 43.4 Å². The minimum Gasteiger partial charge on any atom is -0.468 e. The molecule has 0 fully saturated rings. The molecule has 1 aromatic rings. The van der Waals surface area contributed by atoms with Gasteiger partial charge in [-0.25, -0.2) is 0 Å². The highest BCUT2D eigenvalue weighted by Gasteiger charge is 2.27. The van der Waals surface area contributed by atoms with Crippen molar-refractivity contribution in [1.29, 1.82) is 0 Å². The molecule has 1 aromatic carbocycles. The van der Waals surface area contributed by atoms with Gasteiger partial charge in [0.2, 0.25) is 0 Å². The lowest BCUT2D eigenvalue weighted by molar-refractivity contribution is -0.143. The van der Waals surface area contributed by atoms with E-state index < -0.39 is 11.9 Å². The second-order valence-corrected chi connectivity index (χ2v) is 5.00. The number of esters is 1. The fourth-order valence-corrected chi connectivity index (χ4v) is 1.99. The summed E-state index contributed by atoms with van der Waals surface area (Å²) < 4.78 is 5.61. The van der Waals surface area contributed by atoms with Gasteiger partial charge < -0.3 is 4.74 Å². The predicted octanol–water partition coefficient (Wildman–Crippen LogP) is 3.61. The fourth-order valence-electron chi connectivity index (χ4n) is 1.72. The van der Waals surface area contributed by atoms with E-state index in [2.05, 4.69) is 15.9 Å². The normalized spacial score (nSPS) is 11.9. The third-order valence-electron chi connectivity index (χ3n) is 2.78. The number of halogens is 1. The van der Waals surface area contributed by atoms with Crippen molar-refractivity contribution in [3.05, 3.63) is 34.3 Å². The van der Waals surface area contributed by atoms with Gasteiger partial charge in [0.1, 0.15) is 5.92 Å². The van der Waals surface area contributed by atoms with Crippen LogP contribution in [0.25, 0.3) is 0 Å². The Morgan fingerprint density at radius 3 is 2.39 bits per heavy atom. The first-order valence-electron chi connectivity index (χ1n) is 5.97.